The lowest BCUT2D eigenvalue weighted by Crippen LogP contribution is -2.40. The van der Waals surface area contributed by atoms with Gasteiger partial charge in [0.2, 0.25) is 0 Å². The van der Waals surface area contributed by atoms with Crippen molar-refractivity contribution in [1.29, 1.82) is 0 Å². The second-order valence-corrected chi connectivity index (χ2v) is 7.19. The van der Waals surface area contributed by atoms with E-state index in [-0.39, 0.29) is 5.91 Å². The van der Waals surface area contributed by atoms with Crippen molar-refractivity contribution in [2.75, 3.05) is 13.2 Å². The number of nitrogens with zero attached hydrogens (tertiary/aromatic N) is 1. The number of benzene rings is 4. The fraction of sp³-hybridized carbons (Fsp3) is 0.125. The summed E-state index contributed by atoms with van der Waals surface area (Å²) in [6.45, 7) is 1.14. The number of amides is 1. The Labute approximate surface area is 156 Å². The van der Waals surface area contributed by atoms with Crippen LogP contribution in [0.5, 0.6) is 0 Å². The minimum atomic E-state index is -0.853. The Hall–Kier alpha value is -3.17. The molecule has 1 amide bonds. The summed E-state index contributed by atoms with van der Waals surface area (Å²) >= 11 is 0. The van der Waals surface area contributed by atoms with Crippen LogP contribution in [0.1, 0.15) is 21.5 Å². The summed E-state index contributed by atoms with van der Waals surface area (Å²) in [5, 5.41) is 4.58. The number of carbonyl (C=O) groups is 1. The van der Waals surface area contributed by atoms with Gasteiger partial charge in [0.05, 0.1) is 6.61 Å². The Balaban J connectivity index is 1.83. The van der Waals surface area contributed by atoms with Crippen molar-refractivity contribution >= 4 is 27.5 Å². The van der Waals surface area contributed by atoms with Crippen LogP contribution in [0.25, 0.3) is 21.5 Å². The predicted molar refractivity (Wildman–Crippen MR) is 106 cm³/mol. The first kappa shape index (κ1) is 14.9. The van der Waals surface area contributed by atoms with Gasteiger partial charge in [-0.3, -0.25) is 9.69 Å². The maximum Gasteiger partial charge on any atom is 0.257 e. The Kier molecular flexibility index (Phi) is 2.87. The molecule has 1 unspecified atom stereocenters. The maximum atomic E-state index is 13.2. The van der Waals surface area contributed by atoms with Gasteiger partial charge in [0.25, 0.3) is 5.91 Å². The van der Waals surface area contributed by atoms with Crippen LogP contribution >= 0.6 is 0 Å². The third-order valence-electron chi connectivity index (χ3n) is 5.88. The van der Waals surface area contributed by atoms with E-state index in [1.54, 1.807) is 0 Å². The van der Waals surface area contributed by atoms with Gasteiger partial charge in [0.15, 0.2) is 5.72 Å². The summed E-state index contributed by atoms with van der Waals surface area (Å²) in [6.07, 6.45) is 0. The van der Waals surface area contributed by atoms with E-state index in [4.69, 9.17) is 4.74 Å². The standard InChI is InChI=1S/C24H17NO2/c26-23-20-11-5-6-12-21(20)24(25(23)13-14-27-24)22-18-9-3-1-7-16(18)15-17-8-2-4-10-19(17)22/h1-12,15H,13-14H2. The molecule has 0 radical (unpaired) electrons. The number of carbonyl (C=O) groups excluding carboxylic acids is 1. The van der Waals surface area contributed by atoms with Crippen molar-refractivity contribution in [2.45, 2.75) is 5.72 Å². The topological polar surface area (TPSA) is 29.5 Å². The van der Waals surface area contributed by atoms with Crippen LogP contribution in [0.2, 0.25) is 0 Å². The van der Waals surface area contributed by atoms with Crippen molar-refractivity contribution in [3.63, 3.8) is 0 Å². The van der Waals surface area contributed by atoms with Gasteiger partial charge in [-0.1, -0.05) is 66.7 Å². The summed E-state index contributed by atoms with van der Waals surface area (Å²) < 4.78 is 6.47. The van der Waals surface area contributed by atoms with Crippen LogP contribution in [0.3, 0.4) is 0 Å². The molecule has 0 saturated carbocycles. The SMILES string of the molecule is O=C1c2ccccc2C2(c3c4ccccc4cc4ccccc34)OCCN12. The summed E-state index contributed by atoms with van der Waals surface area (Å²) in [4.78, 5) is 15.1. The van der Waals surface area contributed by atoms with E-state index in [0.29, 0.717) is 13.2 Å². The summed E-state index contributed by atoms with van der Waals surface area (Å²) in [7, 11) is 0. The molecule has 0 spiro atoms. The van der Waals surface area contributed by atoms with E-state index in [2.05, 4.69) is 54.6 Å². The summed E-state index contributed by atoms with van der Waals surface area (Å²) in [5.41, 5.74) is 1.92. The van der Waals surface area contributed by atoms with E-state index < -0.39 is 5.72 Å². The molecule has 130 valence electrons. The number of fused-ring (bicyclic) bond motifs is 5. The highest BCUT2D eigenvalue weighted by Gasteiger charge is 2.56. The second-order valence-electron chi connectivity index (χ2n) is 7.19. The van der Waals surface area contributed by atoms with Crippen molar-refractivity contribution in [1.82, 2.24) is 4.90 Å². The number of hydrogen-bond acceptors (Lipinski definition) is 2. The second kappa shape index (κ2) is 5.18. The smallest absolute Gasteiger partial charge is 0.257 e. The molecular formula is C24H17NO2. The zero-order valence-corrected chi connectivity index (χ0v) is 14.7. The predicted octanol–water partition coefficient (Wildman–Crippen LogP) is 4.68. The summed E-state index contributed by atoms with van der Waals surface area (Å²) in [5.74, 6) is 0.0557. The molecule has 0 aliphatic carbocycles. The first-order chi connectivity index (χ1) is 13.3. The zero-order chi connectivity index (χ0) is 18.0. The largest absolute Gasteiger partial charge is 0.345 e. The average Bonchev–Trinajstić information content (AvgIpc) is 3.25. The lowest BCUT2D eigenvalue weighted by molar-refractivity contribution is -0.0282. The Bertz CT molecular complexity index is 1190. The highest BCUT2D eigenvalue weighted by Crippen LogP contribution is 2.51. The fourth-order valence-corrected chi connectivity index (χ4v) is 4.82. The van der Waals surface area contributed by atoms with Crippen LogP contribution in [0.4, 0.5) is 0 Å². The first-order valence-corrected chi connectivity index (χ1v) is 9.27. The molecule has 0 N–H and O–H groups in total. The van der Waals surface area contributed by atoms with Crippen molar-refractivity contribution < 1.29 is 9.53 Å². The maximum absolute atomic E-state index is 13.2. The Morgan fingerprint density at radius 1 is 0.815 bits per heavy atom. The molecule has 2 aliphatic heterocycles. The minimum Gasteiger partial charge on any atom is -0.345 e. The normalized spacial score (nSPS) is 21.0. The minimum absolute atomic E-state index is 0.0557. The van der Waals surface area contributed by atoms with Crippen LogP contribution in [0, 0.1) is 0 Å². The van der Waals surface area contributed by atoms with E-state index in [9.17, 15) is 4.79 Å². The fourth-order valence-electron chi connectivity index (χ4n) is 4.82. The van der Waals surface area contributed by atoms with Crippen LogP contribution in [-0.2, 0) is 10.5 Å². The van der Waals surface area contributed by atoms with Gasteiger partial charge in [-0.15, -0.1) is 0 Å². The molecule has 2 aliphatic rings. The highest BCUT2D eigenvalue weighted by atomic mass is 16.5. The van der Waals surface area contributed by atoms with Crippen molar-refractivity contribution in [3.05, 3.63) is 95.6 Å². The Morgan fingerprint density at radius 2 is 1.44 bits per heavy atom. The van der Waals surface area contributed by atoms with Crippen molar-refractivity contribution in [2.24, 2.45) is 0 Å². The van der Waals surface area contributed by atoms with E-state index >= 15 is 0 Å². The number of rotatable bonds is 1. The van der Waals surface area contributed by atoms with E-state index in [1.807, 2.05) is 29.2 Å². The van der Waals surface area contributed by atoms with Gasteiger partial charge in [-0.2, -0.15) is 0 Å². The molecule has 6 rings (SSSR count). The molecule has 4 aromatic carbocycles. The van der Waals surface area contributed by atoms with Crippen molar-refractivity contribution in [3.8, 4) is 0 Å². The van der Waals surface area contributed by atoms with Crippen LogP contribution in [0.15, 0.2) is 78.9 Å². The van der Waals surface area contributed by atoms with Gasteiger partial charge in [-0.25, -0.2) is 0 Å². The molecule has 27 heavy (non-hydrogen) atoms. The molecule has 3 heteroatoms. The molecule has 4 aromatic rings. The molecule has 3 nitrogen and oxygen atoms in total. The van der Waals surface area contributed by atoms with E-state index in [0.717, 1.165) is 38.2 Å². The molecule has 0 bridgehead atoms. The number of hydrogen-bond donors (Lipinski definition) is 0. The summed E-state index contributed by atoms with van der Waals surface area (Å²) in [6, 6.07) is 26.8. The molecule has 1 saturated heterocycles. The van der Waals surface area contributed by atoms with Gasteiger partial charge in [0.1, 0.15) is 0 Å². The zero-order valence-electron chi connectivity index (χ0n) is 14.7. The lowest BCUT2D eigenvalue weighted by Gasteiger charge is -2.34. The monoisotopic (exact) mass is 351 g/mol. The lowest BCUT2D eigenvalue weighted by atomic mass is 9.86. The molecule has 1 fully saturated rings. The highest BCUT2D eigenvalue weighted by molar-refractivity contribution is 6.07. The molecule has 2 heterocycles. The average molecular weight is 351 g/mol. The Morgan fingerprint density at radius 3 is 2.19 bits per heavy atom. The molecule has 1 atom stereocenters. The first-order valence-electron chi connectivity index (χ1n) is 9.27. The van der Waals surface area contributed by atoms with Gasteiger partial charge in [-0.05, 0) is 33.7 Å². The van der Waals surface area contributed by atoms with Crippen LogP contribution in [-0.4, -0.2) is 24.0 Å². The quantitative estimate of drug-likeness (QED) is 0.466. The third kappa shape index (κ3) is 1.77. The van der Waals surface area contributed by atoms with E-state index in [1.165, 1.54) is 0 Å². The molecule has 0 aromatic heterocycles. The van der Waals surface area contributed by atoms with Crippen LogP contribution < -0.4 is 0 Å². The molecular weight excluding hydrogens is 334 g/mol. The van der Waals surface area contributed by atoms with Gasteiger partial charge in [0, 0.05) is 23.2 Å². The third-order valence-corrected chi connectivity index (χ3v) is 5.88. The van der Waals surface area contributed by atoms with Gasteiger partial charge >= 0.3 is 0 Å². The number of ether oxygens (including phenoxy) is 1. The van der Waals surface area contributed by atoms with Gasteiger partial charge < -0.3 is 4.74 Å².